The smallest absolute Gasteiger partial charge is 0.160 e. The first-order valence-electron chi connectivity index (χ1n) is 9.54. The summed E-state index contributed by atoms with van der Waals surface area (Å²) in [4.78, 5) is 14.0. The molecule has 6 heteroatoms. The van der Waals surface area contributed by atoms with Gasteiger partial charge in [-0.25, -0.2) is 15.0 Å². The molecule has 0 aliphatic rings. The van der Waals surface area contributed by atoms with Crippen LogP contribution in [-0.2, 0) is 13.0 Å². The Balaban J connectivity index is 1.68. The van der Waals surface area contributed by atoms with Gasteiger partial charge in [-0.15, -0.1) is 0 Å². The molecule has 0 aliphatic carbocycles. The van der Waals surface area contributed by atoms with Gasteiger partial charge in [0, 0.05) is 25.0 Å². The molecule has 0 aromatic carbocycles. The number of nitriles is 1. The lowest BCUT2D eigenvalue weighted by atomic mass is 10.2. The third-order valence-electron chi connectivity index (χ3n) is 4.93. The van der Waals surface area contributed by atoms with Crippen LogP contribution < -0.4 is 0 Å². The fourth-order valence-electron chi connectivity index (χ4n) is 3.38. The minimum Gasteiger partial charge on any atom is -0.308 e. The van der Waals surface area contributed by atoms with Gasteiger partial charge in [-0.05, 0) is 48.7 Å². The van der Waals surface area contributed by atoms with Crippen molar-refractivity contribution in [2.75, 3.05) is 0 Å². The topological polar surface area (TPSA) is 72.3 Å². The van der Waals surface area contributed by atoms with E-state index in [0.717, 1.165) is 53.2 Å². The zero-order valence-corrected chi connectivity index (χ0v) is 16.1. The maximum Gasteiger partial charge on any atom is 0.160 e. The molecule has 0 saturated carbocycles. The lowest BCUT2D eigenvalue weighted by Gasteiger charge is -2.10. The molecule has 0 bridgehead atoms. The maximum absolute atomic E-state index is 9.20. The summed E-state index contributed by atoms with van der Waals surface area (Å²) in [6, 6.07) is 11.8. The maximum atomic E-state index is 9.20. The summed E-state index contributed by atoms with van der Waals surface area (Å²) in [5.41, 5.74) is 4.69. The second-order valence-electron chi connectivity index (χ2n) is 6.92. The summed E-state index contributed by atoms with van der Waals surface area (Å²) >= 11 is 0. The molecule has 0 radical (unpaired) electrons. The largest absolute Gasteiger partial charge is 0.308 e. The van der Waals surface area contributed by atoms with Gasteiger partial charge in [-0.1, -0.05) is 19.4 Å². The Morgan fingerprint density at radius 2 is 2.04 bits per heavy atom. The van der Waals surface area contributed by atoms with E-state index < -0.39 is 0 Å². The highest BCUT2D eigenvalue weighted by Gasteiger charge is 2.14. The van der Waals surface area contributed by atoms with Crippen molar-refractivity contribution in [1.29, 1.82) is 5.26 Å². The Morgan fingerprint density at radius 3 is 2.79 bits per heavy atom. The average Bonchev–Trinajstić information content (AvgIpc) is 3.33. The Labute approximate surface area is 164 Å². The Kier molecular flexibility index (Phi) is 4.90. The quantitative estimate of drug-likeness (QED) is 0.510. The molecule has 0 unspecified atom stereocenters. The number of pyridine rings is 2. The third-order valence-corrected chi connectivity index (χ3v) is 4.93. The van der Waals surface area contributed by atoms with Gasteiger partial charge >= 0.3 is 0 Å². The molecular formula is C22H22N6. The van der Waals surface area contributed by atoms with E-state index in [1.165, 1.54) is 0 Å². The predicted octanol–water partition coefficient (Wildman–Crippen LogP) is 4.19. The number of rotatable bonds is 6. The average molecular weight is 370 g/mol. The molecule has 140 valence electrons. The van der Waals surface area contributed by atoms with Gasteiger partial charge < -0.3 is 4.57 Å². The van der Waals surface area contributed by atoms with Crippen molar-refractivity contribution in [2.45, 2.75) is 39.7 Å². The van der Waals surface area contributed by atoms with Gasteiger partial charge in [0.25, 0.3) is 0 Å². The highest BCUT2D eigenvalue weighted by Crippen LogP contribution is 2.21. The normalized spacial score (nSPS) is 11.0. The van der Waals surface area contributed by atoms with Crippen LogP contribution in [-0.4, -0.2) is 24.1 Å². The fourth-order valence-corrected chi connectivity index (χ4v) is 3.38. The summed E-state index contributed by atoms with van der Waals surface area (Å²) in [7, 11) is 0. The van der Waals surface area contributed by atoms with Crippen molar-refractivity contribution in [2.24, 2.45) is 0 Å². The van der Waals surface area contributed by atoms with Gasteiger partial charge in [-0.2, -0.15) is 5.26 Å². The highest BCUT2D eigenvalue weighted by molar-refractivity contribution is 5.75. The molecule has 28 heavy (non-hydrogen) atoms. The van der Waals surface area contributed by atoms with Gasteiger partial charge in [-0.3, -0.25) is 4.57 Å². The van der Waals surface area contributed by atoms with Crippen LogP contribution in [0.4, 0.5) is 0 Å². The van der Waals surface area contributed by atoms with Crippen molar-refractivity contribution < 1.29 is 0 Å². The lowest BCUT2D eigenvalue weighted by Crippen LogP contribution is -2.07. The number of aryl methyl sites for hydroxylation is 2. The van der Waals surface area contributed by atoms with E-state index in [1.54, 1.807) is 10.6 Å². The summed E-state index contributed by atoms with van der Waals surface area (Å²) in [5.74, 6) is 1.81. The summed E-state index contributed by atoms with van der Waals surface area (Å²) in [6.07, 6.45) is 8.72. The molecule has 0 amide bonds. The number of imidazole rings is 1. The van der Waals surface area contributed by atoms with E-state index in [1.807, 2.05) is 36.8 Å². The van der Waals surface area contributed by atoms with Crippen LogP contribution in [0.15, 0.2) is 48.9 Å². The monoisotopic (exact) mass is 370 g/mol. The molecule has 0 aliphatic heterocycles. The first-order chi connectivity index (χ1) is 13.7. The van der Waals surface area contributed by atoms with E-state index in [9.17, 15) is 5.26 Å². The lowest BCUT2D eigenvalue weighted by molar-refractivity contribution is 0.685. The van der Waals surface area contributed by atoms with E-state index >= 15 is 0 Å². The second-order valence-corrected chi connectivity index (χ2v) is 6.92. The molecule has 4 heterocycles. The molecule has 4 aromatic rings. The molecule has 4 aromatic heterocycles. The van der Waals surface area contributed by atoms with Crippen molar-refractivity contribution in [3.8, 4) is 11.9 Å². The van der Waals surface area contributed by atoms with Crippen molar-refractivity contribution in [3.63, 3.8) is 0 Å². The Morgan fingerprint density at radius 1 is 1.14 bits per heavy atom. The van der Waals surface area contributed by atoms with Crippen molar-refractivity contribution >= 4 is 11.2 Å². The molecule has 0 saturated heterocycles. The van der Waals surface area contributed by atoms with Gasteiger partial charge in [0.2, 0.25) is 0 Å². The molecule has 0 fully saturated rings. The molecule has 4 rings (SSSR count). The Hall–Kier alpha value is -3.46. The molecule has 6 nitrogen and oxygen atoms in total. The van der Waals surface area contributed by atoms with Crippen LogP contribution in [0.5, 0.6) is 0 Å². The SMILES string of the molecule is CCCCc1nc2c(C)ccnc2n1Cc1ccc(-n2cccc2C#N)nc1. The number of hydrogen-bond donors (Lipinski definition) is 0. The van der Waals surface area contributed by atoms with Crippen molar-refractivity contribution in [3.05, 3.63) is 71.6 Å². The second kappa shape index (κ2) is 7.65. The van der Waals surface area contributed by atoms with Gasteiger partial charge in [0.15, 0.2) is 5.65 Å². The van der Waals surface area contributed by atoms with Crippen LogP contribution in [0, 0.1) is 18.3 Å². The van der Waals surface area contributed by atoms with E-state index in [2.05, 4.69) is 40.5 Å². The summed E-state index contributed by atoms with van der Waals surface area (Å²) in [5, 5.41) is 9.20. The van der Waals surface area contributed by atoms with Crippen LogP contribution in [0.2, 0.25) is 0 Å². The van der Waals surface area contributed by atoms with Crippen LogP contribution in [0.1, 0.15) is 42.4 Å². The molecular weight excluding hydrogens is 348 g/mol. The molecule has 0 spiro atoms. The van der Waals surface area contributed by atoms with Crippen LogP contribution in [0.3, 0.4) is 0 Å². The summed E-state index contributed by atoms with van der Waals surface area (Å²) < 4.78 is 3.99. The van der Waals surface area contributed by atoms with Crippen molar-refractivity contribution in [1.82, 2.24) is 24.1 Å². The van der Waals surface area contributed by atoms with Crippen LogP contribution in [0.25, 0.3) is 17.0 Å². The molecule has 0 atom stereocenters. The third kappa shape index (κ3) is 3.27. The number of aromatic nitrogens is 5. The summed E-state index contributed by atoms with van der Waals surface area (Å²) in [6.45, 7) is 4.94. The fraction of sp³-hybridized carbons (Fsp3) is 0.273. The predicted molar refractivity (Wildman–Crippen MR) is 108 cm³/mol. The molecule has 0 N–H and O–H groups in total. The standard InChI is InChI=1S/C22H22N6/c1-3-4-7-20-26-21-16(2)10-11-24-22(21)28(20)15-17-8-9-19(25-14-17)27-12-5-6-18(27)13-23/h5-6,8-12,14H,3-4,7,15H2,1-2H3. The minimum atomic E-state index is 0.572. The number of fused-ring (bicyclic) bond motifs is 1. The first-order valence-corrected chi connectivity index (χ1v) is 9.54. The zero-order valence-electron chi connectivity index (χ0n) is 16.1. The minimum absolute atomic E-state index is 0.572. The zero-order chi connectivity index (χ0) is 19.5. The first kappa shape index (κ1) is 17.9. The highest BCUT2D eigenvalue weighted by atomic mass is 15.1. The van der Waals surface area contributed by atoms with Gasteiger partial charge in [0.1, 0.15) is 28.9 Å². The Bertz CT molecular complexity index is 1140. The van der Waals surface area contributed by atoms with Gasteiger partial charge in [0.05, 0.1) is 6.54 Å². The van der Waals surface area contributed by atoms with E-state index in [4.69, 9.17) is 4.98 Å². The number of nitrogens with zero attached hydrogens (tertiary/aromatic N) is 6. The van der Waals surface area contributed by atoms with Crippen LogP contribution >= 0.6 is 0 Å². The van der Waals surface area contributed by atoms with E-state index in [-0.39, 0.29) is 0 Å². The van der Waals surface area contributed by atoms with E-state index in [0.29, 0.717) is 12.2 Å². The number of unbranched alkanes of at least 4 members (excludes halogenated alkanes) is 1. The number of hydrogen-bond acceptors (Lipinski definition) is 4.